The molecule has 0 N–H and O–H groups in total. The lowest BCUT2D eigenvalue weighted by molar-refractivity contribution is 0.302. The fourth-order valence-corrected chi connectivity index (χ4v) is 2.82. The fourth-order valence-electron chi connectivity index (χ4n) is 2.82. The van der Waals surface area contributed by atoms with Crippen LogP contribution < -0.4 is 4.74 Å². The molecule has 0 aliphatic rings. The molecule has 4 heteroatoms. The van der Waals surface area contributed by atoms with Gasteiger partial charge in [0.15, 0.2) is 0 Å². The summed E-state index contributed by atoms with van der Waals surface area (Å²) in [4.78, 5) is 0. The van der Waals surface area contributed by atoms with Gasteiger partial charge in [-0.15, -0.1) is 0 Å². The SMILES string of the molecule is Cc1cc(C)c(OCCCC(C#N)c2c(C)noc2C)cc1C. The van der Waals surface area contributed by atoms with Crippen molar-refractivity contribution in [2.24, 2.45) is 0 Å². The molecule has 1 unspecified atom stereocenters. The van der Waals surface area contributed by atoms with Crippen molar-refractivity contribution >= 4 is 0 Å². The first-order chi connectivity index (χ1) is 10.9. The molecule has 122 valence electrons. The Balaban J connectivity index is 1.92. The highest BCUT2D eigenvalue weighted by atomic mass is 16.5. The van der Waals surface area contributed by atoms with Crippen LogP contribution >= 0.6 is 0 Å². The van der Waals surface area contributed by atoms with Gasteiger partial charge in [-0.05, 0) is 70.2 Å². The molecular formula is C19H24N2O2. The molecule has 2 rings (SSSR count). The molecule has 1 aromatic heterocycles. The highest BCUT2D eigenvalue weighted by Gasteiger charge is 2.19. The van der Waals surface area contributed by atoms with Crippen LogP contribution in [0.2, 0.25) is 0 Å². The van der Waals surface area contributed by atoms with Crippen molar-refractivity contribution < 1.29 is 9.26 Å². The summed E-state index contributed by atoms with van der Waals surface area (Å²) >= 11 is 0. The molecule has 1 heterocycles. The van der Waals surface area contributed by atoms with E-state index in [1.54, 1.807) is 0 Å². The third-order valence-corrected chi connectivity index (χ3v) is 4.28. The number of hydrogen-bond donors (Lipinski definition) is 0. The van der Waals surface area contributed by atoms with E-state index in [0.717, 1.165) is 41.2 Å². The average molecular weight is 312 g/mol. The third-order valence-electron chi connectivity index (χ3n) is 4.28. The highest BCUT2D eigenvalue weighted by molar-refractivity contribution is 5.40. The Morgan fingerprint density at radius 2 is 1.83 bits per heavy atom. The lowest BCUT2D eigenvalue weighted by atomic mass is 9.94. The number of benzene rings is 1. The van der Waals surface area contributed by atoms with E-state index >= 15 is 0 Å². The maximum atomic E-state index is 9.41. The molecule has 0 saturated carbocycles. The maximum Gasteiger partial charge on any atom is 0.138 e. The van der Waals surface area contributed by atoms with Gasteiger partial charge in [-0.1, -0.05) is 11.2 Å². The van der Waals surface area contributed by atoms with Gasteiger partial charge in [0.1, 0.15) is 11.5 Å². The standard InChI is InChI=1S/C19H24N2O2/c1-12-9-14(3)18(10-13(12)2)22-8-6-7-17(11-20)19-15(4)21-23-16(19)5/h9-10,17H,6-8H2,1-5H3. The summed E-state index contributed by atoms with van der Waals surface area (Å²) in [5, 5.41) is 13.3. The molecule has 23 heavy (non-hydrogen) atoms. The number of rotatable bonds is 6. The molecule has 0 radical (unpaired) electrons. The van der Waals surface area contributed by atoms with Crippen LogP contribution in [0.3, 0.4) is 0 Å². The first-order valence-electron chi connectivity index (χ1n) is 7.97. The van der Waals surface area contributed by atoms with Crippen LogP contribution in [0.15, 0.2) is 16.7 Å². The number of nitrogens with zero attached hydrogens (tertiary/aromatic N) is 2. The Kier molecular flexibility index (Phi) is 5.44. The smallest absolute Gasteiger partial charge is 0.138 e. The second-order valence-corrected chi connectivity index (χ2v) is 6.11. The van der Waals surface area contributed by atoms with Crippen LogP contribution in [0.5, 0.6) is 5.75 Å². The van der Waals surface area contributed by atoms with Crippen LogP contribution in [0.25, 0.3) is 0 Å². The Morgan fingerprint density at radius 1 is 1.13 bits per heavy atom. The number of aryl methyl sites for hydroxylation is 5. The van der Waals surface area contributed by atoms with E-state index in [4.69, 9.17) is 9.26 Å². The fraction of sp³-hybridized carbons (Fsp3) is 0.474. The van der Waals surface area contributed by atoms with Gasteiger partial charge >= 0.3 is 0 Å². The second kappa shape index (κ2) is 7.32. The van der Waals surface area contributed by atoms with Gasteiger partial charge in [0, 0.05) is 5.56 Å². The summed E-state index contributed by atoms with van der Waals surface area (Å²) in [7, 11) is 0. The van der Waals surface area contributed by atoms with E-state index in [0.29, 0.717) is 6.61 Å². The minimum atomic E-state index is -0.189. The lowest BCUT2D eigenvalue weighted by Gasteiger charge is -2.13. The van der Waals surface area contributed by atoms with Gasteiger partial charge in [-0.3, -0.25) is 0 Å². The topological polar surface area (TPSA) is 59.0 Å². The second-order valence-electron chi connectivity index (χ2n) is 6.11. The first-order valence-corrected chi connectivity index (χ1v) is 7.97. The molecule has 4 nitrogen and oxygen atoms in total. The minimum absolute atomic E-state index is 0.189. The Morgan fingerprint density at radius 3 is 2.43 bits per heavy atom. The Labute approximate surface area is 138 Å². The normalized spacial score (nSPS) is 12.0. The molecule has 0 amide bonds. The molecule has 0 aliphatic carbocycles. The van der Waals surface area contributed by atoms with Crippen LogP contribution in [0.4, 0.5) is 0 Å². The van der Waals surface area contributed by atoms with Crippen molar-refractivity contribution in [3.8, 4) is 11.8 Å². The molecule has 0 aliphatic heterocycles. The Bertz CT molecular complexity index is 706. The van der Waals surface area contributed by atoms with Crippen LogP contribution in [-0.2, 0) is 0 Å². The predicted molar refractivity (Wildman–Crippen MR) is 89.7 cm³/mol. The molecular weight excluding hydrogens is 288 g/mol. The van der Waals surface area contributed by atoms with E-state index in [1.165, 1.54) is 11.1 Å². The summed E-state index contributed by atoms with van der Waals surface area (Å²) in [5.74, 6) is 1.48. The lowest BCUT2D eigenvalue weighted by Crippen LogP contribution is -2.04. The summed E-state index contributed by atoms with van der Waals surface area (Å²) in [6, 6.07) is 6.59. The van der Waals surface area contributed by atoms with Gasteiger partial charge < -0.3 is 9.26 Å². The maximum absolute atomic E-state index is 9.41. The van der Waals surface area contributed by atoms with E-state index in [9.17, 15) is 5.26 Å². The quantitative estimate of drug-likeness (QED) is 0.726. The van der Waals surface area contributed by atoms with Gasteiger partial charge in [-0.25, -0.2) is 0 Å². The van der Waals surface area contributed by atoms with Gasteiger partial charge in [-0.2, -0.15) is 5.26 Å². The molecule has 0 spiro atoms. The van der Waals surface area contributed by atoms with Crippen LogP contribution in [0.1, 0.15) is 52.5 Å². The van der Waals surface area contributed by atoms with Crippen molar-refractivity contribution in [2.75, 3.05) is 6.61 Å². The summed E-state index contributed by atoms with van der Waals surface area (Å²) in [5.41, 5.74) is 5.39. The summed E-state index contributed by atoms with van der Waals surface area (Å²) in [6.07, 6.45) is 1.55. The van der Waals surface area contributed by atoms with Crippen molar-refractivity contribution in [3.63, 3.8) is 0 Å². The monoisotopic (exact) mass is 312 g/mol. The largest absolute Gasteiger partial charge is 0.493 e. The van der Waals surface area contributed by atoms with Crippen molar-refractivity contribution in [1.29, 1.82) is 5.26 Å². The molecule has 2 aromatic rings. The van der Waals surface area contributed by atoms with Crippen LogP contribution in [-0.4, -0.2) is 11.8 Å². The van der Waals surface area contributed by atoms with E-state index in [1.807, 2.05) is 13.8 Å². The first kappa shape index (κ1) is 17.1. The van der Waals surface area contributed by atoms with Crippen molar-refractivity contribution in [1.82, 2.24) is 5.16 Å². The van der Waals surface area contributed by atoms with Gasteiger partial charge in [0.05, 0.1) is 24.3 Å². The summed E-state index contributed by atoms with van der Waals surface area (Å²) in [6.45, 7) is 10.6. The molecule has 0 bridgehead atoms. The third kappa shape index (κ3) is 3.92. The number of hydrogen-bond acceptors (Lipinski definition) is 4. The molecule has 0 saturated heterocycles. The van der Waals surface area contributed by atoms with Crippen molar-refractivity contribution in [3.05, 3.63) is 45.8 Å². The molecule has 0 fully saturated rings. The molecule has 1 atom stereocenters. The van der Waals surface area contributed by atoms with Crippen molar-refractivity contribution in [2.45, 2.75) is 53.4 Å². The number of aromatic nitrogens is 1. The summed E-state index contributed by atoms with van der Waals surface area (Å²) < 4.78 is 11.1. The minimum Gasteiger partial charge on any atom is -0.493 e. The predicted octanol–water partition coefficient (Wildman–Crippen LogP) is 4.68. The Hall–Kier alpha value is -2.28. The van der Waals surface area contributed by atoms with Gasteiger partial charge in [0.25, 0.3) is 0 Å². The zero-order chi connectivity index (χ0) is 17.0. The molecule has 1 aromatic carbocycles. The van der Waals surface area contributed by atoms with E-state index in [-0.39, 0.29) is 5.92 Å². The number of ether oxygens (including phenoxy) is 1. The zero-order valence-corrected chi connectivity index (χ0v) is 14.6. The average Bonchev–Trinajstić information content (AvgIpc) is 2.84. The highest BCUT2D eigenvalue weighted by Crippen LogP contribution is 2.27. The van der Waals surface area contributed by atoms with Gasteiger partial charge in [0.2, 0.25) is 0 Å². The van der Waals surface area contributed by atoms with Crippen LogP contribution in [0, 0.1) is 45.9 Å². The van der Waals surface area contributed by atoms with E-state index < -0.39 is 0 Å². The van der Waals surface area contributed by atoms with E-state index in [2.05, 4.69) is 44.1 Å². The number of nitriles is 1. The zero-order valence-electron chi connectivity index (χ0n) is 14.6.